The summed E-state index contributed by atoms with van der Waals surface area (Å²) < 4.78 is 5.31. The lowest BCUT2D eigenvalue weighted by atomic mass is 10.1. The third-order valence-electron chi connectivity index (χ3n) is 3.32. The van der Waals surface area contributed by atoms with Gasteiger partial charge in [-0.3, -0.25) is 10.1 Å². The van der Waals surface area contributed by atoms with Crippen LogP contribution in [0.5, 0.6) is 5.75 Å². The molecule has 0 aliphatic heterocycles. The van der Waals surface area contributed by atoms with Gasteiger partial charge in [0.15, 0.2) is 11.7 Å². The molecule has 0 bridgehead atoms. The maximum atomic E-state index is 11.9. The van der Waals surface area contributed by atoms with Gasteiger partial charge in [0.05, 0.1) is 10.6 Å². The van der Waals surface area contributed by atoms with Gasteiger partial charge >= 0.3 is 5.97 Å². The lowest BCUT2D eigenvalue weighted by molar-refractivity contribution is -0.121. The van der Waals surface area contributed by atoms with E-state index >= 15 is 0 Å². The van der Waals surface area contributed by atoms with Crippen LogP contribution in [0.1, 0.15) is 15.9 Å². The fourth-order valence-corrected chi connectivity index (χ4v) is 2.74. The van der Waals surface area contributed by atoms with Crippen molar-refractivity contribution in [3.63, 3.8) is 0 Å². The molecule has 0 spiro atoms. The Morgan fingerprint density at radius 3 is 2.62 bits per heavy atom. The summed E-state index contributed by atoms with van der Waals surface area (Å²) in [7, 11) is 0. The van der Waals surface area contributed by atoms with Crippen molar-refractivity contribution in [3.8, 4) is 5.75 Å². The quantitative estimate of drug-likeness (QED) is 0.645. The van der Waals surface area contributed by atoms with E-state index < -0.39 is 11.9 Å². The Hall–Kier alpha value is -2.35. The van der Waals surface area contributed by atoms with Crippen molar-refractivity contribution < 1.29 is 19.4 Å². The Bertz CT molecular complexity index is 874. The van der Waals surface area contributed by atoms with Crippen molar-refractivity contribution in [2.75, 3.05) is 11.9 Å². The summed E-state index contributed by atoms with van der Waals surface area (Å²) in [5.41, 5.74) is 1.13. The monoisotopic (exact) mass is 412 g/mol. The number of aromatic carboxylic acids is 1. The van der Waals surface area contributed by atoms with Crippen LogP contribution in [0.3, 0.4) is 0 Å². The van der Waals surface area contributed by atoms with Crippen LogP contribution in [0.25, 0.3) is 0 Å². The first kappa shape index (κ1) is 20.0. The highest BCUT2D eigenvalue weighted by Gasteiger charge is 2.12. The van der Waals surface area contributed by atoms with Crippen molar-refractivity contribution in [1.29, 1.82) is 0 Å². The number of rotatable bonds is 5. The molecule has 2 aromatic rings. The smallest absolute Gasteiger partial charge is 0.336 e. The van der Waals surface area contributed by atoms with Gasteiger partial charge in [0.25, 0.3) is 5.91 Å². The number of hydrogen-bond acceptors (Lipinski definition) is 4. The van der Waals surface area contributed by atoms with E-state index in [0.29, 0.717) is 22.0 Å². The van der Waals surface area contributed by atoms with Crippen LogP contribution >= 0.6 is 35.4 Å². The van der Waals surface area contributed by atoms with Crippen molar-refractivity contribution in [3.05, 3.63) is 57.6 Å². The van der Waals surface area contributed by atoms with E-state index in [-0.39, 0.29) is 22.3 Å². The lowest BCUT2D eigenvalue weighted by Gasteiger charge is -2.13. The molecule has 1 amide bonds. The number of nitrogens with one attached hydrogen (secondary N) is 2. The minimum atomic E-state index is -1.05. The van der Waals surface area contributed by atoms with Gasteiger partial charge in [0.1, 0.15) is 5.75 Å². The van der Waals surface area contributed by atoms with E-state index in [1.807, 2.05) is 0 Å². The van der Waals surface area contributed by atoms with Crippen LogP contribution in [0, 0.1) is 6.92 Å². The standard InChI is InChI=1S/C17H14Cl2N2O4S/c1-9-11(16(23)24)3-2-4-13(9)20-17(26)21-15(22)8-25-14-6-5-10(18)7-12(14)19/h2-7H,8H2,1H3,(H,23,24)(H2,20,21,22,26). The third-order valence-corrected chi connectivity index (χ3v) is 4.05. The molecular weight excluding hydrogens is 399 g/mol. The number of amides is 1. The molecule has 6 nitrogen and oxygen atoms in total. The highest BCUT2D eigenvalue weighted by molar-refractivity contribution is 7.80. The van der Waals surface area contributed by atoms with Crippen LogP contribution < -0.4 is 15.4 Å². The van der Waals surface area contributed by atoms with Gasteiger partial charge in [0.2, 0.25) is 0 Å². The average Bonchev–Trinajstić information content (AvgIpc) is 2.55. The van der Waals surface area contributed by atoms with Gasteiger partial charge < -0.3 is 15.2 Å². The Morgan fingerprint density at radius 1 is 1.23 bits per heavy atom. The molecule has 9 heteroatoms. The van der Waals surface area contributed by atoms with Gasteiger partial charge in [-0.15, -0.1) is 0 Å². The number of carboxylic acid groups (broad SMARTS) is 1. The predicted molar refractivity (Wildman–Crippen MR) is 104 cm³/mol. The van der Waals surface area contributed by atoms with Gasteiger partial charge in [-0.25, -0.2) is 4.79 Å². The molecular formula is C17H14Cl2N2O4S. The molecule has 0 unspecified atom stereocenters. The van der Waals surface area contributed by atoms with Gasteiger partial charge in [-0.1, -0.05) is 29.3 Å². The van der Waals surface area contributed by atoms with E-state index in [1.165, 1.54) is 12.1 Å². The molecule has 0 fully saturated rings. The molecule has 0 aliphatic carbocycles. The molecule has 0 saturated carbocycles. The zero-order chi connectivity index (χ0) is 19.3. The molecule has 26 heavy (non-hydrogen) atoms. The topological polar surface area (TPSA) is 87.7 Å². The van der Waals surface area contributed by atoms with Crippen LogP contribution in [0.15, 0.2) is 36.4 Å². The second-order valence-corrected chi connectivity index (χ2v) is 6.40. The molecule has 2 aromatic carbocycles. The zero-order valence-corrected chi connectivity index (χ0v) is 15.8. The first-order valence-electron chi connectivity index (χ1n) is 7.29. The SMILES string of the molecule is Cc1c(NC(=S)NC(=O)COc2ccc(Cl)cc2Cl)cccc1C(=O)O. The Kier molecular flexibility index (Phi) is 6.79. The predicted octanol–water partition coefficient (Wildman–Crippen LogP) is 3.89. The number of hydrogen-bond donors (Lipinski definition) is 3. The highest BCUT2D eigenvalue weighted by atomic mass is 35.5. The third kappa shape index (κ3) is 5.32. The van der Waals surface area contributed by atoms with E-state index in [0.717, 1.165) is 0 Å². The average molecular weight is 413 g/mol. The van der Waals surface area contributed by atoms with Crippen molar-refractivity contribution in [2.24, 2.45) is 0 Å². The number of carbonyl (C=O) groups is 2. The molecule has 0 heterocycles. The van der Waals surface area contributed by atoms with Crippen molar-refractivity contribution in [2.45, 2.75) is 6.92 Å². The van der Waals surface area contributed by atoms with E-state index in [4.69, 9.17) is 45.3 Å². The van der Waals surface area contributed by atoms with Gasteiger partial charge in [-0.05, 0) is 55.0 Å². The van der Waals surface area contributed by atoms with E-state index in [9.17, 15) is 9.59 Å². The lowest BCUT2D eigenvalue weighted by Crippen LogP contribution is -2.37. The number of benzene rings is 2. The molecule has 0 aromatic heterocycles. The summed E-state index contributed by atoms with van der Waals surface area (Å²) in [6.07, 6.45) is 0. The summed E-state index contributed by atoms with van der Waals surface area (Å²) in [5, 5.41) is 15.1. The van der Waals surface area contributed by atoms with Crippen molar-refractivity contribution >= 4 is 58.1 Å². The highest BCUT2D eigenvalue weighted by Crippen LogP contribution is 2.27. The maximum Gasteiger partial charge on any atom is 0.336 e. The zero-order valence-electron chi connectivity index (χ0n) is 13.5. The van der Waals surface area contributed by atoms with Crippen LogP contribution in [-0.4, -0.2) is 28.7 Å². The minimum Gasteiger partial charge on any atom is -0.482 e. The molecule has 136 valence electrons. The molecule has 0 atom stereocenters. The van der Waals surface area contributed by atoms with E-state index in [2.05, 4.69) is 10.6 Å². The molecule has 2 rings (SSSR count). The van der Waals surface area contributed by atoms with Crippen LogP contribution in [0.2, 0.25) is 10.0 Å². The second kappa shape index (κ2) is 8.84. The Balaban J connectivity index is 1.92. The fourth-order valence-electron chi connectivity index (χ4n) is 2.05. The molecule has 0 radical (unpaired) electrons. The summed E-state index contributed by atoms with van der Waals surface area (Å²) in [5.74, 6) is -1.23. The number of anilines is 1. The summed E-state index contributed by atoms with van der Waals surface area (Å²) in [4.78, 5) is 23.1. The normalized spacial score (nSPS) is 10.1. The number of halogens is 2. The Morgan fingerprint density at radius 2 is 1.96 bits per heavy atom. The minimum absolute atomic E-state index is 0.0199. The van der Waals surface area contributed by atoms with E-state index in [1.54, 1.807) is 31.2 Å². The number of ether oxygens (including phenoxy) is 1. The first-order valence-corrected chi connectivity index (χ1v) is 8.46. The van der Waals surface area contributed by atoms with Gasteiger partial charge in [0, 0.05) is 10.7 Å². The number of thiocarbonyl (C=S) groups is 1. The number of carbonyl (C=O) groups excluding carboxylic acids is 1. The van der Waals surface area contributed by atoms with Gasteiger partial charge in [-0.2, -0.15) is 0 Å². The second-order valence-electron chi connectivity index (χ2n) is 5.15. The molecule has 3 N–H and O–H groups in total. The summed E-state index contributed by atoms with van der Waals surface area (Å²) >= 11 is 16.8. The molecule has 0 aliphatic rings. The van der Waals surface area contributed by atoms with Crippen molar-refractivity contribution in [1.82, 2.24) is 5.32 Å². The molecule has 0 saturated heterocycles. The first-order chi connectivity index (χ1) is 12.3. The van der Waals surface area contributed by atoms with Crippen LogP contribution in [0.4, 0.5) is 5.69 Å². The fraction of sp³-hybridized carbons (Fsp3) is 0.118. The maximum absolute atomic E-state index is 11.9. The van der Waals surface area contributed by atoms with Crippen LogP contribution in [-0.2, 0) is 4.79 Å². The largest absolute Gasteiger partial charge is 0.482 e. The Labute approximate surface area is 165 Å². The number of carboxylic acids is 1. The summed E-state index contributed by atoms with van der Waals surface area (Å²) in [6, 6.07) is 9.36. The summed E-state index contributed by atoms with van der Waals surface area (Å²) in [6.45, 7) is 1.33.